The maximum atomic E-state index is 9.88. The summed E-state index contributed by atoms with van der Waals surface area (Å²) in [6.45, 7) is 2.77. The first-order valence-electron chi connectivity index (χ1n) is 7.08. The van der Waals surface area contributed by atoms with E-state index >= 15 is 0 Å². The van der Waals surface area contributed by atoms with Crippen molar-refractivity contribution in [1.29, 1.82) is 0 Å². The van der Waals surface area contributed by atoms with Crippen LogP contribution in [0.3, 0.4) is 0 Å². The van der Waals surface area contributed by atoms with Gasteiger partial charge in [-0.25, -0.2) is 0 Å². The lowest BCUT2D eigenvalue weighted by Crippen LogP contribution is -2.40. The van der Waals surface area contributed by atoms with Crippen molar-refractivity contribution in [3.8, 4) is 0 Å². The van der Waals surface area contributed by atoms with E-state index in [4.69, 9.17) is 5.73 Å². The Bertz CT molecular complexity index is 361. The van der Waals surface area contributed by atoms with Gasteiger partial charge in [0.15, 0.2) is 0 Å². The molecule has 1 aromatic rings. The quantitative estimate of drug-likeness (QED) is 0.840. The van der Waals surface area contributed by atoms with Crippen LogP contribution in [0.1, 0.15) is 43.2 Å². The fourth-order valence-electron chi connectivity index (χ4n) is 3.21. The summed E-state index contributed by atoms with van der Waals surface area (Å²) < 4.78 is 0. The molecule has 2 rings (SSSR count). The number of rotatable bonds is 5. The molecule has 1 aliphatic rings. The van der Waals surface area contributed by atoms with Gasteiger partial charge in [-0.1, -0.05) is 55.5 Å². The number of benzene rings is 1. The normalized spacial score (nSPS) is 19.9. The molecule has 0 heterocycles. The Hall–Kier alpha value is -0.860. The molecule has 18 heavy (non-hydrogen) atoms. The van der Waals surface area contributed by atoms with E-state index in [2.05, 4.69) is 31.2 Å². The van der Waals surface area contributed by atoms with Crippen molar-refractivity contribution in [2.24, 2.45) is 11.7 Å². The maximum Gasteiger partial charge on any atom is 0.0540 e. The third-order valence-electron chi connectivity index (χ3n) is 4.51. The maximum absolute atomic E-state index is 9.88. The van der Waals surface area contributed by atoms with Gasteiger partial charge in [0.1, 0.15) is 0 Å². The van der Waals surface area contributed by atoms with E-state index in [1.54, 1.807) is 0 Å². The lowest BCUT2D eigenvalue weighted by Gasteiger charge is -2.33. The molecule has 1 aliphatic carbocycles. The number of aliphatic hydroxyl groups excluding tert-OH is 1. The van der Waals surface area contributed by atoms with Gasteiger partial charge in [-0.15, -0.1) is 0 Å². The summed E-state index contributed by atoms with van der Waals surface area (Å²) in [5, 5.41) is 9.88. The predicted octanol–water partition coefficient (Wildman–Crippen LogP) is 2.76. The van der Waals surface area contributed by atoms with Crippen LogP contribution in [-0.2, 0) is 5.41 Å². The molecular formula is C16H25NO. The second-order valence-electron chi connectivity index (χ2n) is 5.86. The summed E-state index contributed by atoms with van der Waals surface area (Å²) in [6.07, 6.45) is 6.31. The highest BCUT2D eigenvalue weighted by atomic mass is 16.3. The Labute approximate surface area is 110 Å². The predicted molar refractivity (Wildman–Crippen MR) is 75.6 cm³/mol. The van der Waals surface area contributed by atoms with Gasteiger partial charge in [-0.3, -0.25) is 0 Å². The van der Waals surface area contributed by atoms with E-state index in [9.17, 15) is 5.11 Å². The molecule has 0 radical (unpaired) electrons. The first-order valence-corrected chi connectivity index (χ1v) is 7.08. The Morgan fingerprint density at radius 3 is 2.33 bits per heavy atom. The van der Waals surface area contributed by atoms with Crippen molar-refractivity contribution in [2.75, 3.05) is 13.2 Å². The van der Waals surface area contributed by atoms with Gasteiger partial charge in [-0.05, 0) is 24.8 Å². The fourth-order valence-corrected chi connectivity index (χ4v) is 3.21. The molecule has 2 nitrogen and oxygen atoms in total. The monoisotopic (exact) mass is 247 g/mol. The van der Waals surface area contributed by atoms with Gasteiger partial charge in [0.2, 0.25) is 0 Å². The molecule has 0 saturated heterocycles. The molecule has 1 saturated carbocycles. The lowest BCUT2D eigenvalue weighted by atomic mass is 9.74. The molecule has 1 unspecified atom stereocenters. The van der Waals surface area contributed by atoms with Crippen molar-refractivity contribution < 1.29 is 5.11 Å². The molecule has 100 valence electrons. The van der Waals surface area contributed by atoms with E-state index in [1.807, 2.05) is 0 Å². The summed E-state index contributed by atoms with van der Waals surface area (Å²) in [4.78, 5) is 0. The molecule has 3 N–H and O–H groups in total. The minimum atomic E-state index is -0.233. The minimum Gasteiger partial charge on any atom is -0.395 e. The van der Waals surface area contributed by atoms with Crippen molar-refractivity contribution in [3.63, 3.8) is 0 Å². The van der Waals surface area contributed by atoms with E-state index < -0.39 is 0 Å². The van der Waals surface area contributed by atoms with Gasteiger partial charge >= 0.3 is 0 Å². The Morgan fingerprint density at radius 1 is 1.22 bits per heavy atom. The van der Waals surface area contributed by atoms with Crippen LogP contribution in [0.15, 0.2) is 24.3 Å². The van der Waals surface area contributed by atoms with Crippen molar-refractivity contribution in [3.05, 3.63) is 35.4 Å². The second kappa shape index (κ2) is 5.85. The van der Waals surface area contributed by atoms with Crippen LogP contribution in [-0.4, -0.2) is 18.3 Å². The summed E-state index contributed by atoms with van der Waals surface area (Å²) in [5.41, 5.74) is 8.23. The van der Waals surface area contributed by atoms with Crippen LogP contribution < -0.4 is 5.73 Å². The molecule has 0 aliphatic heterocycles. The van der Waals surface area contributed by atoms with Crippen LogP contribution in [0.2, 0.25) is 0 Å². The van der Waals surface area contributed by atoms with Crippen LogP contribution in [0.5, 0.6) is 0 Å². The number of aliphatic hydroxyl groups is 1. The van der Waals surface area contributed by atoms with Crippen molar-refractivity contribution in [1.82, 2.24) is 0 Å². The van der Waals surface area contributed by atoms with Crippen molar-refractivity contribution in [2.45, 2.75) is 44.4 Å². The van der Waals surface area contributed by atoms with Crippen molar-refractivity contribution >= 4 is 0 Å². The standard InChI is InChI=1S/C16H25NO/c1-13-6-8-15(9-7-13)16(11-17,12-18)10-14-4-2-3-5-14/h6-9,14,18H,2-5,10-12,17H2,1H3. The molecule has 1 atom stereocenters. The van der Waals surface area contributed by atoms with Crippen LogP contribution >= 0.6 is 0 Å². The zero-order chi connectivity index (χ0) is 13.0. The summed E-state index contributed by atoms with van der Waals surface area (Å²) in [5.74, 6) is 0.738. The fraction of sp³-hybridized carbons (Fsp3) is 0.625. The third-order valence-corrected chi connectivity index (χ3v) is 4.51. The topological polar surface area (TPSA) is 46.2 Å². The highest BCUT2D eigenvalue weighted by Crippen LogP contribution is 2.37. The Morgan fingerprint density at radius 2 is 1.83 bits per heavy atom. The van der Waals surface area contributed by atoms with Gasteiger partial charge < -0.3 is 10.8 Å². The molecule has 2 heteroatoms. The van der Waals surface area contributed by atoms with Gasteiger partial charge in [0.25, 0.3) is 0 Å². The lowest BCUT2D eigenvalue weighted by molar-refractivity contribution is 0.169. The summed E-state index contributed by atoms with van der Waals surface area (Å²) in [7, 11) is 0. The van der Waals surface area contributed by atoms with Crippen LogP contribution in [0.25, 0.3) is 0 Å². The SMILES string of the molecule is Cc1ccc(C(CN)(CO)CC2CCCC2)cc1. The van der Waals surface area contributed by atoms with Gasteiger partial charge in [0, 0.05) is 12.0 Å². The van der Waals surface area contributed by atoms with Crippen LogP contribution in [0, 0.1) is 12.8 Å². The molecule has 1 fully saturated rings. The van der Waals surface area contributed by atoms with E-state index in [0.29, 0.717) is 6.54 Å². The highest BCUT2D eigenvalue weighted by molar-refractivity contribution is 5.29. The molecule has 0 spiro atoms. The number of nitrogens with two attached hydrogens (primary N) is 1. The van der Waals surface area contributed by atoms with E-state index in [1.165, 1.54) is 36.8 Å². The molecule has 0 aromatic heterocycles. The van der Waals surface area contributed by atoms with Crippen LogP contribution in [0.4, 0.5) is 0 Å². The smallest absolute Gasteiger partial charge is 0.0540 e. The average Bonchev–Trinajstić information content (AvgIpc) is 2.90. The van der Waals surface area contributed by atoms with E-state index in [0.717, 1.165) is 12.3 Å². The second-order valence-corrected chi connectivity index (χ2v) is 5.86. The molecule has 0 bridgehead atoms. The largest absolute Gasteiger partial charge is 0.395 e. The zero-order valence-corrected chi connectivity index (χ0v) is 11.4. The molecule has 1 aromatic carbocycles. The number of aryl methyl sites for hydroxylation is 1. The first kappa shape index (κ1) is 13.6. The van der Waals surface area contributed by atoms with Gasteiger partial charge in [0.05, 0.1) is 6.61 Å². The minimum absolute atomic E-state index is 0.156. The Kier molecular flexibility index (Phi) is 4.41. The number of hydrogen-bond donors (Lipinski definition) is 2. The summed E-state index contributed by atoms with van der Waals surface area (Å²) >= 11 is 0. The van der Waals surface area contributed by atoms with E-state index in [-0.39, 0.29) is 12.0 Å². The summed E-state index contributed by atoms with van der Waals surface area (Å²) in [6, 6.07) is 8.49. The molecular weight excluding hydrogens is 222 g/mol. The third kappa shape index (κ3) is 2.76. The average molecular weight is 247 g/mol. The zero-order valence-electron chi connectivity index (χ0n) is 11.4. The Balaban J connectivity index is 2.21. The van der Waals surface area contributed by atoms with Gasteiger partial charge in [-0.2, -0.15) is 0 Å². The molecule has 0 amide bonds. The number of hydrogen-bond acceptors (Lipinski definition) is 2. The first-order chi connectivity index (χ1) is 8.70. The highest BCUT2D eigenvalue weighted by Gasteiger charge is 2.34.